The zero-order valence-electron chi connectivity index (χ0n) is 12.2. The van der Waals surface area contributed by atoms with E-state index in [4.69, 9.17) is 0 Å². The molecule has 3 atom stereocenters. The molecule has 1 aliphatic rings. The van der Waals surface area contributed by atoms with Crippen molar-refractivity contribution in [3.63, 3.8) is 0 Å². The molecule has 1 saturated carbocycles. The van der Waals surface area contributed by atoms with Crippen molar-refractivity contribution in [2.45, 2.75) is 79.6 Å². The second kappa shape index (κ2) is 6.07. The van der Waals surface area contributed by atoms with Gasteiger partial charge in [0.1, 0.15) is 0 Å². The Morgan fingerprint density at radius 2 is 1.94 bits per heavy atom. The number of rotatable bonds is 5. The maximum absolute atomic E-state index is 2.50. The first-order chi connectivity index (χ1) is 7.47. The minimum atomic E-state index is 0.601. The molecule has 1 fully saturated rings. The van der Waals surface area contributed by atoms with E-state index in [0.717, 1.165) is 17.8 Å². The second-order valence-corrected chi connectivity index (χ2v) is 6.94. The summed E-state index contributed by atoms with van der Waals surface area (Å²) < 4.78 is 0. The summed E-state index contributed by atoms with van der Waals surface area (Å²) in [6.07, 6.45) is 10.1. The second-order valence-electron chi connectivity index (χ2n) is 6.94. The first-order valence-electron chi connectivity index (χ1n) is 7.47. The van der Waals surface area contributed by atoms with Crippen LogP contribution >= 0.6 is 0 Å². The van der Waals surface area contributed by atoms with E-state index in [1.807, 2.05) is 0 Å². The van der Waals surface area contributed by atoms with Crippen molar-refractivity contribution in [1.29, 1.82) is 0 Å². The molecule has 1 rings (SSSR count). The summed E-state index contributed by atoms with van der Waals surface area (Å²) in [6.45, 7) is 12.2. The minimum absolute atomic E-state index is 0.601. The molecule has 1 aliphatic carbocycles. The number of hydrogen-bond acceptors (Lipinski definition) is 0. The molecule has 0 aromatic rings. The summed E-state index contributed by atoms with van der Waals surface area (Å²) in [6, 6.07) is 0. The molecule has 96 valence electrons. The van der Waals surface area contributed by atoms with Gasteiger partial charge < -0.3 is 0 Å². The molecule has 0 amide bonds. The van der Waals surface area contributed by atoms with Gasteiger partial charge in [0.15, 0.2) is 0 Å². The monoisotopic (exact) mass is 224 g/mol. The fourth-order valence-corrected chi connectivity index (χ4v) is 3.81. The highest BCUT2D eigenvalue weighted by Crippen LogP contribution is 2.46. The SMILES string of the molecule is CCCC(C)CCC1C(C)CCCC1(C)C. The predicted molar refractivity (Wildman–Crippen MR) is 73.6 cm³/mol. The van der Waals surface area contributed by atoms with Gasteiger partial charge in [0, 0.05) is 0 Å². The van der Waals surface area contributed by atoms with Gasteiger partial charge in [0.25, 0.3) is 0 Å². The lowest BCUT2D eigenvalue weighted by atomic mass is 9.62. The van der Waals surface area contributed by atoms with E-state index < -0.39 is 0 Å². The van der Waals surface area contributed by atoms with Crippen LogP contribution < -0.4 is 0 Å². The molecule has 0 spiro atoms. The van der Waals surface area contributed by atoms with Crippen molar-refractivity contribution >= 4 is 0 Å². The molecule has 0 aromatic heterocycles. The van der Waals surface area contributed by atoms with Crippen LogP contribution in [0.5, 0.6) is 0 Å². The van der Waals surface area contributed by atoms with Gasteiger partial charge in [0.05, 0.1) is 0 Å². The Balaban J connectivity index is 2.43. The van der Waals surface area contributed by atoms with Gasteiger partial charge in [-0.25, -0.2) is 0 Å². The van der Waals surface area contributed by atoms with E-state index in [0.29, 0.717) is 5.41 Å². The lowest BCUT2D eigenvalue weighted by molar-refractivity contribution is 0.0708. The maximum atomic E-state index is 2.50. The van der Waals surface area contributed by atoms with Crippen molar-refractivity contribution in [2.75, 3.05) is 0 Å². The molecule has 0 aromatic carbocycles. The molecule has 16 heavy (non-hydrogen) atoms. The van der Waals surface area contributed by atoms with E-state index in [1.54, 1.807) is 0 Å². The standard InChI is InChI=1S/C16H32/c1-6-8-13(2)10-11-15-14(3)9-7-12-16(15,4)5/h13-15H,6-12H2,1-5H3. The summed E-state index contributed by atoms with van der Waals surface area (Å²) in [5, 5.41) is 0. The fraction of sp³-hybridized carbons (Fsp3) is 1.00. The normalized spacial score (nSPS) is 31.3. The Kier molecular flexibility index (Phi) is 5.34. The summed E-state index contributed by atoms with van der Waals surface area (Å²) in [5.41, 5.74) is 0.601. The van der Waals surface area contributed by atoms with Crippen molar-refractivity contribution < 1.29 is 0 Å². The average Bonchev–Trinajstić information content (AvgIpc) is 2.16. The summed E-state index contributed by atoms with van der Waals surface area (Å²) in [7, 11) is 0. The van der Waals surface area contributed by atoms with Crippen molar-refractivity contribution in [3.05, 3.63) is 0 Å². The predicted octanol–water partition coefficient (Wildman–Crippen LogP) is 5.67. The minimum Gasteiger partial charge on any atom is -0.0654 e. The van der Waals surface area contributed by atoms with Crippen LogP contribution in [0, 0.1) is 23.2 Å². The molecule has 0 N–H and O–H groups in total. The molecule has 0 bridgehead atoms. The van der Waals surface area contributed by atoms with Gasteiger partial charge in [-0.2, -0.15) is 0 Å². The molecule has 0 aliphatic heterocycles. The lowest BCUT2D eigenvalue weighted by Crippen LogP contribution is -2.33. The Morgan fingerprint density at radius 3 is 2.50 bits per heavy atom. The smallest absolute Gasteiger partial charge is 0.0323 e. The topological polar surface area (TPSA) is 0 Å². The summed E-state index contributed by atoms with van der Waals surface area (Å²) in [5.74, 6) is 2.87. The Labute approximate surface area is 103 Å². The van der Waals surface area contributed by atoms with Crippen LogP contribution in [-0.2, 0) is 0 Å². The van der Waals surface area contributed by atoms with Crippen molar-refractivity contribution in [3.8, 4) is 0 Å². The van der Waals surface area contributed by atoms with Crippen LogP contribution in [0.4, 0.5) is 0 Å². The van der Waals surface area contributed by atoms with Crippen LogP contribution in [0.15, 0.2) is 0 Å². The van der Waals surface area contributed by atoms with Gasteiger partial charge in [0.2, 0.25) is 0 Å². The van der Waals surface area contributed by atoms with E-state index in [9.17, 15) is 0 Å². The third kappa shape index (κ3) is 3.79. The van der Waals surface area contributed by atoms with Crippen LogP contribution in [-0.4, -0.2) is 0 Å². The first-order valence-corrected chi connectivity index (χ1v) is 7.47. The van der Waals surface area contributed by atoms with Crippen molar-refractivity contribution in [2.24, 2.45) is 23.2 Å². The van der Waals surface area contributed by atoms with Gasteiger partial charge >= 0.3 is 0 Å². The van der Waals surface area contributed by atoms with E-state index in [2.05, 4.69) is 34.6 Å². The van der Waals surface area contributed by atoms with E-state index >= 15 is 0 Å². The van der Waals surface area contributed by atoms with E-state index in [1.165, 1.54) is 44.9 Å². The molecule has 0 heteroatoms. The molecule has 0 saturated heterocycles. The molecular formula is C16H32. The molecule has 0 nitrogen and oxygen atoms in total. The lowest BCUT2D eigenvalue weighted by Gasteiger charge is -2.43. The third-order valence-electron chi connectivity index (χ3n) is 4.92. The maximum Gasteiger partial charge on any atom is -0.0323 e. The van der Waals surface area contributed by atoms with Gasteiger partial charge in [-0.15, -0.1) is 0 Å². The van der Waals surface area contributed by atoms with Gasteiger partial charge in [-0.05, 0) is 36.0 Å². The Morgan fingerprint density at radius 1 is 1.25 bits per heavy atom. The van der Waals surface area contributed by atoms with Crippen LogP contribution in [0.2, 0.25) is 0 Å². The van der Waals surface area contributed by atoms with Crippen molar-refractivity contribution in [1.82, 2.24) is 0 Å². The summed E-state index contributed by atoms with van der Waals surface area (Å²) >= 11 is 0. The highest BCUT2D eigenvalue weighted by atomic mass is 14.4. The Hall–Kier alpha value is 0. The molecule has 3 unspecified atom stereocenters. The first kappa shape index (κ1) is 14.1. The quantitative estimate of drug-likeness (QED) is 0.565. The molecule has 0 heterocycles. The highest BCUT2D eigenvalue weighted by molar-refractivity contribution is 4.86. The largest absolute Gasteiger partial charge is 0.0654 e. The zero-order valence-corrected chi connectivity index (χ0v) is 12.2. The highest BCUT2D eigenvalue weighted by Gasteiger charge is 2.36. The Bertz CT molecular complexity index is 192. The van der Waals surface area contributed by atoms with Gasteiger partial charge in [-0.1, -0.05) is 66.7 Å². The van der Waals surface area contributed by atoms with Crippen LogP contribution in [0.25, 0.3) is 0 Å². The summed E-state index contributed by atoms with van der Waals surface area (Å²) in [4.78, 5) is 0. The molecule has 0 radical (unpaired) electrons. The average molecular weight is 224 g/mol. The van der Waals surface area contributed by atoms with Crippen LogP contribution in [0.1, 0.15) is 79.6 Å². The van der Waals surface area contributed by atoms with Gasteiger partial charge in [-0.3, -0.25) is 0 Å². The fourth-order valence-electron chi connectivity index (χ4n) is 3.81. The third-order valence-corrected chi connectivity index (χ3v) is 4.92. The van der Waals surface area contributed by atoms with E-state index in [-0.39, 0.29) is 0 Å². The molecular weight excluding hydrogens is 192 g/mol. The number of hydrogen-bond donors (Lipinski definition) is 0. The van der Waals surface area contributed by atoms with Crippen LogP contribution in [0.3, 0.4) is 0 Å². The zero-order chi connectivity index (χ0) is 12.2.